The van der Waals surface area contributed by atoms with Gasteiger partial charge in [0.05, 0.1) is 10.9 Å². The largest absolute Gasteiger partial charge is 0.350 e. The number of amides is 1. The van der Waals surface area contributed by atoms with Crippen molar-refractivity contribution in [1.82, 2.24) is 5.32 Å². The summed E-state index contributed by atoms with van der Waals surface area (Å²) >= 11 is 0. The summed E-state index contributed by atoms with van der Waals surface area (Å²) in [4.78, 5) is 11.8. The van der Waals surface area contributed by atoms with E-state index in [0.29, 0.717) is 12.3 Å². The molecule has 1 atom stereocenters. The summed E-state index contributed by atoms with van der Waals surface area (Å²) in [6.07, 6.45) is 1.35. The Morgan fingerprint density at radius 2 is 1.75 bits per heavy atom. The first-order chi connectivity index (χ1) is 9.20. The third-order valence-corrected chi connectivity index (χ3v) is 3.96. The lowest BCUT2D eigenvalue weighted by Gasteiger charge is -2.15. The smallest absolute Gasteiger partial charge is 0.238 e. The Hall–Kier alpha value is -1.40. The maximum Gasteiger partial charge on any atom is 0.238 e. The molecule has 0 saturated carbocycles. The first-order valence-corrected chi connectivity index (χ1v) is 8.17. The Kier molecular flexibility index (Phi) is 5.71. The van der Waals surface area contributed by atoms with Gasteiger partial charge in [-0.3, -0.25) is 4.79 Å². The van der Waals surface area contributed by atoms with Gasteiger partial charge in [-0.1, -0.05) is 26.0 Å². The molecule has 1 rings (SSSR count). The minimum absolute atomic E-state index is 0.00160. The second kappa shape index (κ2) is 6.85. The van der Waals surface area contributed by atoms with Crippen molar-refractivity contribution >= 4 is 15.9 Å². The van der Waals surface area contributed by atoms with Gasteiger partial charge in [0.15, 0.2) is 0 Å². The quantitative estimate of drug-likeness (QED) is 0.841. The van der Waals surface area contributed by atoms with Crippen LogP contribution in [0.2, 0.25) is 0 Å². The highest BCUT2D eigenvalue weighted by molar-refractivity contribution is 7.89. The van der Waals surface area contributed by atoms with E-state index in [9.17, 15) is 13.2 Å². The molecule has 1 amide bonds. The number of benzene rings is 1. The van der Waals surface area contributed by atoms with Crippen LogP contribution in [0.5, 0.6) is 0 Å². The molecule has 5 nitrogen and oxygen atoms in total. The molecule has 0 unspecified atom stereocenters. The molecule has 20 heavy (non-hydrogen) atoms. The van der Waals surface area contributed by atoms with Crippen molar-refractivity contribution in [3.63, 3.8) is 0 Å². The van der Waals surface area contributed by atoms with Crippen LogP contribution in [0, 0.1) is 5.92 Å². The lowest BCUT2D eigenvalue weighted by Crippen LogP contribution is -2.26. The molecule has 0 aromatic heterocycles. The van der Waals surface area contributed by atoms with Crippen LogP contribution < -0.4 is 10.5 Å². The van der Waals surface area contributed by atoms with E-state index >= 15 is 0 Å². The van der Waals surface area contributed by atoms with Gasteiger partial charge in [-0.2, -0.15) is 0 Å². The number of nitrogens with two attached hydrogens (primary N) is 1. The van der Waals surface area contributed by atoms with Crippen LogP contribution in [-0.2, 0) is 14.8 Å². The number of carbonyl (C=O) groups is 1. The third kappa shape index (κ3) is 5.30. The van der Waals surface area contributed by atoms with E-state index in [1.165, 1.54) is 12.1 Å². The molecule has 6 heteroatoms. The van der Waals surface area contributed by atoms with Crippen LogP contribution >= 0.6 is 0 Å². The lowest BCUT2D eigenvalue weighted by atomic mass is 10.1. The number of sulfonamides is 1. The average molecular weight is 298 g/mol. The van der Waals surface area contributed by atoms with Crippen molar-refractivity contribution in [3.05, 3.63) is 29.8 Å². The molecule has 0 aliphatic rings. The standard InChI is InChI=1S/C14H22N2O3S/c1-10(2)4-9-14(17)16-11(3)12-5-7-13(8-6-12)20(15,18)19/h5-8,10-11H,4,9H2,1-3H3,(H,16,17)(H2,15,18,19)/t11-/m0/s1. The molecule has 0 aliphatic carbocycles. The van der Waals surface area contributed by atoms with E-state index in [-0.39, 0.29) is 16.8 Å². The molecule has 1 aromatic rings. The average Bonchev–Trinajstić information content (AvgIpc) is 2.35. The van der Waals surface area contributed by atoms with Gasteiger partial charge in [-0.05, 0) is 37.0 Å². The summed E-state index contributed by atoms with van der Waals surface area (Å²) < 4.78 is 22.3. The fraction of sp³-hybridized carbons (Fsp3) is 0.500. The van der Waals surface area contributed by atoms with Crippen molar-refractivity contribution in [3.8, 4) is 0 Å². The van der Waals surface area contributed by atoms with Gasteiger partial charge in [0.25, 0.3) is 0 Å². The summed E-state index contributed by atoms with van der Waals surface area (Å²) in [5.41, 5.74) is 0.843. The van der Waals surface area contributed by atoms with E-state index in [0.717, 1.165) is 12.0 Å². The van der Waals surface area contributed by atoms with Gasteiger partial charge in [-0.25, -0.2) is 13.6 Å². The van der Waals surface area contributed by atoms with Crippen molar-refractivity contribution < 1.29 is 13.2 Å². The first-order valence-electron chi connectivity index (χ1n) is 6.62. The molecule has 0 fully saturated rings. The number of rotatable bonds is 6. The molecule has 0 bridgehead atoms. The highest BCUT2D eigenvalue weighted by Crippen LogP contribution is 2.16. The van der Waals surface area contributed by atoms with Crippen LogP contribution in [0.1, 0.15) is 45.2 Å². The van der Waals surface area contributed by atoms with Gasteiger partial charge >= 0.3 is 0 Å². The van der Waals surface area contributed by atoms with Crippen LogP contribution in [0.3, 0.4) is 0 Å². The van der Waals surface area contributed by atoms with Crippen molar-refractivity contribution in [2.75, 3.05) is 0 Å². The van der Waals surface area contributed by atoms with Gasteiger partial charge in [-0.15, -0.1) is 0 Å². The number of hydrogen-bond donors (Lipinski definition) is 2. The Labute approximate surface area is 120 Å². The predicted molar refractivity (Wildman–Crippen MR) is 78.4 cm³/mol. The van der Waals surface area contributed by atoms with Crippen molar-refractivity contribution in [1.29, 1.82) is 0 Å². The second-order valence-corrected chi connectivity index (χ2v) is 6.90. The zero-order valence-electron chi connectivity index (χ0n) is 12.1. The monoisotopic (exact) mass is 298 g/mol. The van der Waals surface area contributed by atoms with Crippen LogP contribution in [0.25, 0.3) is 0 Å². The van der Waals surface area contributed by atoms with Gasteiger partial charge in [0.1, 0.15) is 0 Å². The van der Waals surface area contributed by atoms with E-state index in [1.807, 2.05) is 6.92 Å². The summed E-state index contributed by atoms with van der Waals surface area (Å²) in [7, 11) is -3.67. The van der Waals surface area contributed by atoms with Gasteiger partial charge in [0.2, 0.25) is 15.9 Å². The SMILES string of the molecule is CC(C)CCC(=O)N[C@@H](C)c1ccc(S(N)(=O)=O)cc1. The second-order valence-electron chi connectivity index (χ2n) is 5.34. The molecular formula is C14H22N2O3S. The van der Waals surface area contributed by atoms with Crippen LogP contribution in [0.4, 0.5) is 0 Å². The molecule has 0 saturated heterocycles. The van der Waals surface area contributed by atoms with Crippen LogP contribution in [-0.4, -0.2) is 14.3 Å². The van der Waals surface area contributed by atoms with E-state index in [2.05, 4.69) is 19.2 Å². The first kappa shape index (κ1) is 16.7. The van der Waals surface area contributed by atoms with Crippen molar-refractivity contribution in [2.24, 2.45) is 11.1 Å². The Morgan fingerprint density at radius 3 is 2.20 bits per heavy atom. The van der Waals surface area contributed by atoms with Crippen LogP contribution in [0.15, 0.2) is 29.2 Å². The van der Waals surface area contributed by atoms with Gasteiger partial charge < -0.3 is 5.32 Å². The Morgan fingerprint density at radius 1 is 1.20 bits per heavy atom. The molecular weight excluding hydrogens is 276 g/mol. The minimum Gasteiger partial charge on any atom is -0.350 e. The lowest BCUT2D eigenvalue weighted by molar-refractivity contribution is -0.122. The number of hydrogen-bond acceptors (Lipinski definition) is 3. The Bertz CT molecular complexity index is 550. The minimum atomic E-state index is -3.67. The fourth-order valence-corrected chi connectivity index (χ4v) is 2.28. The zero-order valence-corrected chi connectivity index (χ0v) is 12.9. The highest BCUT2D eigenvalue weighted by atomic mass is 32.2. The number of carbonyl (C=O) groups excluding carboxylic acids is 1. The maximum atomic E-state index is 11.7. The summed E-state index contributed by atoms with van der Waals surface area (Å²) in [6, 6.07) is 6.05. The summed E-state index contributed by atoms with van der Waals surface area (Å²) in [5.74, 6) is 0.492. The number of primary sulfonamides is 1. The summed E-state index contributed by atoms with van der Waals surface area (Å²) in [6.45, 7) is 6.00. The number of nitrogens with one attached hydrogen (secondary N) is 1. The molecule has 1 aromatic carbocycles. The topological polar surface area (TPSA) is 89.3 Å². The summed E-state index contributed by atoms with van der Waals surface area (Å²) in [5, 5.41) is 7.92. The Balaban J connectivity index is 2.64. The molecule has 0 spiro atoms. The van der Waals surface area contributed by atoms with Gasteiger partial charge in [0, 0.05) is 6.42 Å². The highest BCUT2D eigenvalue weighted by Gasteiger charge is 2.12. The molecule has 0 aliphatic heterocycles. The maximum absolute atomic E-state index is 11.7. The predicted octanol–water partition coefficient (Wildman–Crippen LogP) is 1.95. The zero-order chi connectivity index (χ0) is 15.3. The molecule has 3 N–H and O–H groups in total. The van der Waals surface area contributed by atoms with E-state index in [1.54, 1.807) is 12.1 Å². The van der Waals surface area contributed by atoms with Crippen molar-refractivity contribution in [2.45, 2.75) is 44.6 Å². The normalized spacial score (nSPS) is 13.2. The van der Waals surface area contributed by atoms with E-state index < -0.39 is 10.0 Å². The molecule has 112 valence electrons. The van der Waals surface area contributed by atoms with E-state index in [4.69, 9.17) is 5.14 Å². The third-order valence-electron chi connectivity index (χ3n) is 3.03. The fourth-order valence-electron chi connectivity index (χ4n) is 1.76. The molecule has 0 radical (unpaired) electrons. The molecule has 0 heterocycles.